The number of esters is 1. The second-order valence-electron chi connectivity index (χ2n) is 16.6. The average molecular weight is 865 g/mol. The van der Waals surface area contributed by atoms with Crippen molar-refractivity contribution in [3.63, 3.8) is 0 Å². The number of cyclic esters (lactones) is 1. The highest BCUT2D eigenvalue weighted by atomic mass is 16.6. The van der Waals surface area contributed by atoms with Crippen LogP contribution < -0.4 is 9.64 Å². The van der Waals surface area contributed by atoms with Crippen LogP contribution in [0.1, 0.15) is 78.1 Å². The average Bonchev–Trinajstić information content (AvgIpc) is 3.77. The van der Waals surface area contributed by atoms with Crippen molar-refractivity contribution in [2.75, 3.05) is 31.2 Å². The normalized spacial score (nSPS) is 24.3. The van der Waals surface area contributed by atoms with Crippen LogP contribution in [0.15, 0.2) is 133 Å². The first-order valence-corrected chi connectivity index (χ1v) is 21.8. The molecule has 0 aliphatic carbocycles. The zero-order valence-electron chi connectivity index (χ0n) is 35.1. The number of imide groups is 1. The minimum atomic E-state index is -1.90. The van der Waals surface area contributed by atoms with Gasteiger partial charge in [-0.3, -0.25) is 29.4 Å². The van der Waals surface area contributed by atoms with E-state index in [-0.39, 0.29) is 37.1 Å². The molecule has 0 saturated carbocycles. The van der Waals surface area contributed by atoms with E-state index in [0.29, 0.717) is 35.5 Å². The number of amides is 3. The summed E-state index contributed by atoms with van der Waals surface area (Å²) in [6, 6.07) is 35.4. The number of non-ortho nitro benzene ring substituents is 1. The Morgan fingerprint density at radius 2 is 1.38 bits per heavy atom. The summed E-state index contributed by atoms with van der Waals surface area (Å²) in [6.45, 7) is 0.407. The number of aliphatic hydroxyl groups is 1. The van der Waals surface area contributed by atoms with E-state index in [2.05, 4.69) is 0 Å². The summed E-state index contributed by atoms with van der Waals surface area (Å²) in [5.74, 6) is -2.69. The van der Waals surface area contributed by atoms with Crippen LogP contribution in [0.4, 0.5) is 16.2 Å². The molecule has 14 heteroatoms. The number of aliphatic hydroxyl groups excluding tert-OH is 1. The Balaban J connectivity index is 1.27. The van der Waals surface area contributed by atoms with E-state index in [1.807, 2.05) is 77.7 Å². The first-order chi connectivity index (χ1) is 31.2. The van der Waals surface area contributed by atoms with Crippen molar-refractivity contribution in [2.24, 2.45) is 5.92 Å². The Hall–Kier alpha value is -6.90. The molecule has 3 amide bonds. The van der Waals surface area contributed by atoms with E-state index in [1.165, 1.54) is 24.3 Å². The first kappa shape index (κ1) is 42.4. The second-order valence-corrected chi connectivity index (χ2v) is 16.6. The fourth-order valence-electron chi connectivity index (χ4n) is 10.3. The Labute approximate surface area is 370 Å². The number of ether oxygens (including phenoxy) is 3. The maximum absolute atomic E-state index is 16.3. The summed E-state index contributed by atoms with van der Waals surface area (Å²) in [5.41, 5.74) is 1.10. The Morgan fingerprint density at radius 3 is 2.03 bits per heavy atom. The minimum absolute atomic E-state index is 0.0524. The van der Waals surface area contributed by atoms with Gasteiger partial charge in [0.05, 0.1) is 35.2 Å². The van der Waals surface area contributed by atoms with Gasteiger partial charge in [0.2, 0.25) is 11.8 Å². The number of rotatable bonds is 10. The third-order valence-electron chi connectivity index (χ3n) is 13.0. The zero-order valence-corrected chi connectivity index (χ0v) is 35.1. The number of carbonyl (C=O) groups is 4. The number of hydrogen-bond donors (Lipinski definition) is 1. The fraction of sp³-hybridized carbons (Fsp3) is 0.320. The second kappa shape index (κ2) is 18.1. The molecule has 5 aromatic carbocycles. The van der Waals surface area contributed by atoms with Crippen LogP contribution in [0, 0.1) is 16.0 Å². The third kappa shape index (κ3) is 7.45. The summed E-state index contributed by atoms with van der Waals surface area (Å²) in [7, 11) is 0. The SMILES string of the molecule is O=C1O[C@@H](c2ccccc2)[C@@H](c2ccccc2)N2[C@@H](c3ccc(OCCO)cc3)[C@]3(C(=O)N(C(=O)OCc4ccc([N+](=O)[O-])cc4)c4ccccc43)[C@@H](C(=O)N3CCCCCCC3)[C@H]12. The molecule has 6 atom stereocenters. The summed E-state index contributed by atoms with van der Waals surface area (Å²) >= 11 is 0. The summed E-state index contributed by atoms with van der Waals surface area (Å²) in [5, 5.41) is 20.9. The number of morpholine rings is 1. The molecule has 0 aromatic heterocycles. The number of nitro benzene ring substituents is 1. The highest BCUT2D eigenvalue weighted by Gasteiger charge is 2.76. The van der Waals surface area contributed by atoms with Gasteiger partial charge >= 0.3 is 12.1 Å². The largest absolute Gasteiger partial charge is 0.491 e. The van der Waals surface area contributed by atoms with Crippen molar-refractivity contribution in [2.45, 2.75) is 68.4 Å². The number of para-hydroxylation sites is 1. The van der Waals surface area contributed by atoms with E-state index in [9.17, 15) is 20.0 Å². The molecule has 0 radical (unpaired) electrons. The quantitative estimate of drug-likeness (QED) is 0.0828. The topological polar surface area (TPSA) is 169 Å². The third-order valence-corrected chi connectivity index (χ3v) is 13.0. The van der Waals surface area contributed by atoms with Crippen LogP contribution in [-0.2, 0) is 35.9 Å². The van der Waals surface area contributed by atoms with Crippen molar-refractivity contribution in [1.29, 1.82) is 0 Å². The van der Waals surface area contributed by atoms with Crippen LogP contribution in [0.25, 0.3) is 0 Å². The van der Waals surface area contributed by atoms with E-state index < -0.39 is 58.5 Å². The number of likely N-dealkylation sites (tertiary alicyclic amines) is 1. The van der Waals surface area contributed by atoms with Crippen molar-refractivity contribution in [3.05, 3.63) is 171 Å². The van der Waals surface area contributed by atoms with Crippen molar-refractivity contribution in [1.82, 2.24) is 9.80 Å². The van der Waals surface area contributed by atoms with Crippen LogP contribution in [0.3, 0.4) is 0 Å². The predicted octanol–water partition coefficient (Wildman–Crippen LogP) is 7.76. The molecular weight excluding hydrogens is 817 g/mol. The molecule has 4 heterocycles. The van der Waals surface area contributed by atoms with Gasteiger partial charge in [0, 0.05) is 25.2 Å². The molecule has 1 spiro atoms. The van der Waals surface area contributed by atoms with E-state index in [1.54, 1.807) is 41.3 Å². The Bertz CT molecular complexity index is 2510. The number of fused-ring (bicyclic) bond motifs is 3. The summed E-state index contributed by atoms with van der Waals surface area (Å²) in [4.78, 5) is 77.6. The van der Waals surface area contributed by atoms with E-state index >= 15 is 14.4 Å². The van der Waals surface area contributed by atoms with Crippen LogP contribution >= 0.6 is 0 Å². The lowest BCUT2D eigenvalue weighted by atomic mass is 9.65. The van der Waals surface area contributed by atoms with Gasteiger partial charge in [-0.2, -0.15) is 0 Å². The number of benzene rings is 5. The summed E-state index contributed by atoms with van der Waals surface area (Å²) < 4.78 is 18.2. The number of hydrogen-bond acceptors (Lipinski definition) is 11. The predicted molar refractivity (Wildman–Crippen MR) is 234 cm³/mol. The number of anilines is 1. The van der Waals surface area contributed by atoms with Crippen LogP contribution in [-0.4, -0.2) is 76.1 Å². The summed E-state index contributed by atoms with van der Waals surface area (Å²) in [6.07, 6.45) is 2.51. The molecule has 3 saturated heterocycles. The first-order valence-electron chi connectivity index (χ1n) is 21.8. The highest BCUT2D eigenvalue weighted by molar-refractivity contribution is 6.23. The van der Waals surface area contributed by atoms with Crippen LogP contribution in [0.2, 0.25) is 0 Å². The van der Waals surface area contributed by atoms with Gasteiger partial charge in [0.25, 0.3) is 5.69 Å². The lowest BCUT2D eigenvalue weighted by molar-refractivity contribution is -0.384. The molecular formula is C50H48N4O10. The molecule has 1 N–H and O–H groups in total. The molecule has 4 aliphatic rings. The number of nitro groups is 1. The van der Waals surface area contributed by atoms with E-state index in [4.69, 9.17) is 14.2 Å². The molecule has 4 aliphatic heterocycles. The van der Waals surface area contributed by atoms with Gasteiger partial charge < -0.3 is 24.2 Å². The number of carbonyl (C=O) groups excluding carboxylic acids is 4. The molecule has 0 bridgehead atoms. The van der Waals surface area contributed by atoms with Gasteiger partial charge in [-0.05, 0) is 71.0 Å². The fourth-order valence-corrected chi connectivity index (χ4v) is 10.3. The molecule has 64 heavy (non-hydrogen) atoms. The Kier molecular flexibility index (Phi) is 12.0. The standard InChI is InChI=1S/C50H48N4O10/c55-30-31-62-38-26-22-36(23-27-38)45-50(39-18-10-11-19-40(39)52(48(50)58)49(59)63-32-33-20-24-37(25-21-33)54(60)61)41(46(56)51-28-12-2-1-3-13-29-51)43-47(57)64-44(35-16-8-5-9-17-35)42(53(43)45)34-14-6-4-7-15-34/h4-11,14-27,41-45,55H,1-3,12-13,28-32H2/t41-,42-,43-,44+,45+,50-/m1/s1. The molecule has 5 aromatic rings. The lowest BCUT2D eigenvalue weighted by Crippen LogP contribution is -2.56. The highest BCUT2D eigenvalue weighted by Crippen LogP contribution is 2.66. The van der Waals surface area contributed by atoms with Crippen LogP contribution in [0.5, 0.6) is 5.75 Å². The maximum Gasteiger partial charge on any atom is 0.421 e. The molecule has 14 nitrogen and oxygen atoms in total. The molecule has 3 fully saturated rings. The maximum atomic E-state index is 16.3. The zero-order chi connectivity index (χ0) is 44.4. The van der Waals surface area contributed by atoms with Crippen molar-refractivity contribution < 1.29 is 43.4 Å². The van der Waals surface area contributed by atoms with Gasteiger partial charge in [0.15, 0.2) is 0 Å². The Morgan fingerprint density at radius 1 is 0.750 bits per heavy atom. The van der Waals surface area contributed by atoms with Gasteiger partial charge in [-0.25, -0.2) is 9.69 Å². The van der Waals surface area contributed by atoms with Crippen molar-refractivity contribution in [3.8, 4) is 5.75 Å². The van der Waals surface area contributed by atoms with Gasteiger partial charge in [-0.1, -0.05) is 110 Å². The monoisotopic (exact) mass is 864 g/mol. The minimum Gasteiger partial charge on any atom is -0.491 e. The van der Waals surface area contributed by atoms with Crippen molar-refractivity contribution >= 4 is 35.3 Å². The molecule has 0 unspecified atom stereocenters. The number of nitrogens with zero attached hydrogens (tertiary/aromatic N) is 4. The smallest absolute Gasteiger partial charge is 0.421 e. The van der Waals surface area contributed by atoms with E-state index in [0.717, 1.165) is 48.1 Å². The lowest BCUT2D eigenvalue weighted by Gasteiger charge is -2.46. The molecule has 9 rings (SSSR count). The van der Waals surface area contributed by atoms with Gasteiger partial charge in [0.1, 0.15) is 36.5 Å². The molecule has 328 valence electrons. The van der Waals surface area contributed by atoms with Gasteiger partial charge in [-0.15, -0.1) is 0 Å².